The van der Waals surface area contributed by atoms with Crippen molar-refractivity contribution in [3.63, 3.8) is 0 Å². The van der Waals surface area contributed by atoms with Crippen molar-refractivity contribution in [2.24, 2.45) is 0 Å². The van der Waals surface area contributed by atoms with E-state index in [2.05, 4.69) is 5.32 Å². The maximum absolute atomic E-state index is 13.6. The summed E-state index contributed by atoms with van der Waals surface area (Å²) in [5.41, 5.74) is 2.42. The van der Waals surface area contributed by atoms with Gasteiger partial charge in [0.2, 0.25) is 5.91 Å². The molecule has 2 fully saturated rings. The van der Waals surface area contributed by atoms with Crippen molar-refractivity contribution in [2.45, 2.75) is 69.2 Å². The first-order chi connectivity index (χ1) is 20.0. The number of rotatable bonds is 5. The second-order valence-corrected chi connectivity index (χ2v) is 11.6. The van der Waals surface area contributed by atoms with Crippen molar-refractivity contribution in [1.82, 2.24) is 10.2 Å². The standard InChI is InChI=1S/C30H40ClN3O8/c1-17-8-7-9-22(38-5)20-13-19(40-30(37)32-20)14-24-29(42-24)25(41-27(36)16-33(2)3)15-26(35)34(4)21-11-18(10-17)12-23(39-6)28(21)31/h7-9,11-12,19-20,22,24-25,29H,10,13-16H2,1-6H3,(H,32,37)/b9-7+,17-8+/t19?,20?,22-,24?,25+,29?/m1/s1. The Bertz CT molecular complexity index is 1240. The first-order valence-corrected chi connectivity index (χ1v) is 14.3. The highest BCUT2D eigenvalue weighted by Gasteiger charge is 2.50. The lowest BCUT2D eigenvalue weighted by Gasteiger charge is -2.33. The molecule has 1 N–H and O–H groups in total. The van der Waals surface area contributed by atoms with Crippen LogP contribution in [0.2, 0.25) is 5.02 Å². The fourth-order valence-corrected chi connectivity index (χ4v) is 5.69. The Labute approximate surface area is 251 Å². The number of halogens is 1. The number of epoxide rings is 1. The molecule has 2 saturated heterocycles. The number of amides is 2. The number of nitrogens with zero attached hydrogens (tertiary/aromatic N) is 2. The summed E-state index contributed by atoms with van der Waals surface area (Å²) in [6, 6.07) is 3.39. The number of nitrogens with one attached hydrogen (secondary N) is 1. The maximum Gasteiger partial charge on any atom is 0.407 e. The number of carbonyl (C=O) groups is 3. The number of likely N-dealkylation sites (N-methyl/N-ethyl adjacent to an activating group) is 1. The van der Waals surface area contributed by atoms with Crippen LogP contribution in [0.1, 0.15) is 31.7 Å². The predicted octanol–water partition coefficient (Wildman–Crippen LogP) is 3.27. The van der Waals surface area contributed by atoms with Crippen molar-refractivity contribution < 1.29 is 38.1 Å². The van der Waals surface area contributed by atoms with Crippen molar-refractivity contribution in [3.05, 3.63) is 46.5 Å². The number of alkyl carbamates (subject to hydrolysis) is 1. The van der Waals surface area contributed by atoms with Crippen LogP contribution in [0.15, 0.2) is 35.9 Å². The molecule has 1 aromatic rings. The average Bonchev–Trinajstić information content (AvgIpc) is 3.68. The maximum atomic E-state index is 13.6. The van der Waals surface area contributed by atoms with Crippen LogP contribution in [-0.2, 0) is 35.0 Å². The quantitative estimate of drug-likeness (QED) is 0.398. The molecule has 0 saturated carbocycles. The molecule has 3 heterocycles. The topological polar surface area (TPSA) is 119 Å². The Morgan fingerprint density at radius 2 is 1.98 bits per heavy atom. The van der Waals surface area contributed by atoms with Crippen molar-refractivity contribution >= 4 is 35.3 Å². The van der Waals surface area contributed by atoms with Gasteiger partial charge in [0.15, 0.2) is 0 Å². The molecule has 3 aliphatic heterocycles. The first-order valence-electron chi connectivity index (χ1n) is 14.0. The Hall–Kier alpha value is -3.12. The smallest absolute Gasteiger partial charge is 0.407 e. The number of hydrogen-bond acceptors (Lipinski definition) is 9. The van der Waals surface area contributed by atoms with Gasteiger partial charge in [0.05, 0.1) is 44.0 Å². The second-order valence-electron chi connectivity index (χ2n) is 11.2. The van der Waals surface area contributed by atoms with E-state index < -0.39 is 30.4 Å². The number of hydrogen-bond donors (Lipinski definition) is 1. The molecule has 3 aliphatic rings. The van der Waals surface area contributed by atoms with Gasteiger partial charge in [-0.2, -0.15) is 0 Å². The summed E-state index contributed by atoms with van der Waals surface area (Å²) in [5, 5.41) is 3.16. The molecule has 0 aromatic heterocycles. The number of anilines is 1. The van der Waals surface area contributed by atoms with E-state index in [1.54, 1.807) is 33.2 Å². The Morgan fingerprint density at radius 3 is 2.67 bits per heavy atom. The second kappa shape index (κ2) is 13.9. The summed E-state index contributed by atoms with van der Waals surface area (Å²) >= 11 is 6.66. The zero-order valence-corrected chi connectivity index (χ0v) is 25.7. The van der Waals surface area contributed by atoms with Crippen molar-refractivity contribution in [1.29, 1.82) is 0 Å². The van der Waals surface area contributed by atoms with Crippen LogP contribution in [0.4, 0.5) is 10.5 Å². The number of benzene rings is 1. The molecule has 4 unspecified atom stereocenters. The largest absolute Gasteiger partial charge is 0.495 e. The minimum Gasteiger partial charge on any atom is -0.495 e. The van der Waals surface area contributed by atoms with Crippen LogP contribution in [0.3, 0.4) is 0 Å². The normalized spacial score (nSPS) is 30.4. The lowest BCUT2D eigenvalue weighted by molar-refractivity contribution is -0.151. The van der Waals surface area contributed by atoms with E-state index in [9.17, 15) is 14.4 Å². The molecule has 230 valence electrons. The number of allylic oxidation sites excluding steroid dienone is 3. The van der Waals surface area contributed by atoms with E-state index >= 15 is 0 Å². The minimum absolute atomic E-state index is 0.0510. The highest BCUT2D eigenvalue weighted by molar-refractivity contribution is 6.35. The summed E-state index contributed by atoms with van der Waals surface area (Å²) < 4.78 is 28.5. The van der Waals surface area contributed by atoms with Gasteiger partial charge in [-0.25, -0.2) is 4.79 Å². The van der Waals surface area contributed by atoms with Gasteiger partial charge in [0.1, 0.15) is 29.1 Å². The van der Waals surface area contributed by atoms with E-state index in [1.165, 1.54) is 12.0 Å². The van der Waals surface area contributed by atoms with Crippen molar-refractivity contribution in [2.75, 3.05) is 46.8 Å². The summed E-state index contributed by atoms with van der Waals surface area (Å²) in [4.78, 5) is 41.8. The SMILES string of the molecule is COc1cc2cc(c1Cl)N(C)C(=O)C[C@H](OC(=O)CN(C)C)C1OC1CC1CC(NC(=O)O1)[C@H](OC)/C=C/C=C(\C)C2. The molecule has 12 heteroatoms. The van der Waals surface area contributed by atoms with Crippen LogP contribution in [-0.4, -0.2) is 101 Å². The Kier molecular flexibility index (Phi) is 10.5. The molecule has 0 aliphatic carbocycles. The van der Waals surface area contributed by atoms with Gasteiger partial charge in [-0.1, -0.05) is 35.4 Å². The molecule has 4 bridgehead atoms. The highest BCUT2D eigenvalue weighted by atomic mass is 35.5. The van der Waals surface area contributed by atoms with Crippen LogP contribution >= 0.6 is 11.6 Å². The zero-order chi connectivity index (χ0) is 30.6. The fourth-order valence-electron chi connectivity index (χ4n) is 5.37. The van der Waals surface area contributed by atoms with E-state index in [0.29, 0.717) is 35.7 Å². The Balaban J connectivity index is 1.69. The summed E-state index contributed by atoms with van der Waals surface area (Å²) in [6.45, 7) is 2.05. The highest BCUT2D eigenvalue weighted by Crippen LogP contribution is 2.38. The number of fused-ring (bicyclic) bond motifs is 5. The lowest BCUT2D eigenvalue weighted by Crippen LogP contribution is -2.51. The Morgan fingerprint density at radius 1 is 1.21 bits per heavy atom. The summed E-state index contributed by atoms with van der Waals surface area (Å²) in [6.07, 6.45) is 4.07. The third kappa shape index (κ3) is 8.03. The molecular weight excluding hydrogens is 566 g/mol. The molecule has 11 nitrogen and oxygen atoms in total. The average molecular weight is 606 g/mol. The van der Waals surface area contributed by atoms with Crippen LogP contribution in [0, 0.1) is 0 Å². The van der Waals surface area contributed by atoms with Crippen molar-refractivity contribution in [3.8, 4) is 5.75 Å². The van der Waals surface area contributed by atoms with Gasteiger partial charge in [-0.3, -0.25) is 14.5 Å². The van der Waals surface area contributed by atoms with Crippen LogP contribution in [0.5, 0.6) is 5.75 Å². The number of methoxy groups -OCH3 is 2. The monoisotopic (exact) mass is 605 g/mol. The third-order valence-corrected chi connectivity index (χ3v) is 7.93. The van der Waals surface area contributed by atoms with Crippen LogP contribution < -0.4 is 15.0 Å². The molecule has 1 aromatic carbocycles. The molecule has 6 atom stereocenters. The zero-order valence-electron chi connectivity index (χ0n) is 24.9. The predicted molar refractivity (Wildman–Crippen MR) is 157 cm³/mol. The van der Waals surface area contributed by atoms with E-state index in [0.717, 1.165) is 11.1 Å². The summed E-state index contributed by atoms with van der Waals surface area (Å²) in [7, 11) is 8.26. The summed E-state index contributed by atoms with van der Waals surface area (Å²) in [5.74, 6) is -0.336. The number of esters is 1. The van der Waals surface area contributed by atoms with Gasteiger partial charge in [0, 0.05) is 27.0 Å². The van der Waals surface area contributed by atoms with Gasteiger partial charge in [0.25, 0.3) is 0 Å². The van der Waals surface area contributed by atoms with E-state index in [4.69, 9.17) is 35.3 Å². The van der Waals surface area contributed by atoms with E-state index in [-0.39, 0.29) is 37.1 Å². The third-order valence-electron chi connectivity index (χ3n) is 7.55. The fraction of sp³-hybridized carbons (Fsp3) is 0.567. The number of ether oxygens (including phenoxy) is 5. The van der Waals surface area contributed by atoms with Crippen LogP contribution in [0.25, 0.3) is 0 Å². The molecule has 4 rings (SSSR count). The molecular formula is C30H40ClN3O8. The van der Waals surface area contributed by atoms with Gasteiger partial charge in [-0.05, 0) is 45.1 Å². The molecule has 0 radical (unpaired) electrons. The molecule has 42 heavy (non-hydrogen) atoms. The van der Waals surface area contributed by atoms with E-state index in [1.807, 2.05) is 37.3 Å². The van der Waals surface area contributed by atoms with Gasteiger partial charge >= 0.3 is 12.1 Å². The molecule has 2 amide bonds. The minimum atomic E-state index is -0.837. The first kappa shape index (κ1) is 31.8. The molecule has 0 spiro atoms. The van der Waals surface area contributed by atoms with Gasteiger partial charge in [-0.15, -0.1) is 0 Å². The number of carbonyl (C=O) groups excluding carboxylic acids is 3. The van der Waals surface area contributed by atoms with Gasteiger partial charge < -0.3 is 33.9 Å². The lowest BCUT2D eigenvalue weighted by atomic mass is 9.97.